The average molecular weight is 407 g/mol. The SMILES string of the molecule is CCOc1ccc([C@@H]2c3c(-c4c(C)cc(C)cc4O)n[nH]c3C(=O)N2CCO)cc1. The van der Waals surface area contributed by atoms with E-state index in [4.69, 9.17) is 4.74 Å². The van der Waals surface area contributed by atoms with Crippen LogP contribution in [0.1, 0.15) is 45.7 Å². The van der Waals surface area contributed by atoms with E-state index in [1.54, 1.807) is 11.0 Å². The number of phenols is 1. The highest BCUT2D eigenvalue weighted by molar-refractivity contribution is 6.00. The number of aromatic hydroxyl groups is 1. The number of H-pyrrole nitrogens is 1. The Kier molecular flexibility index (Phi) is 5.22. The van der Waals surface area contributed by atoms with Crippen LogP contribution < -0.4 is 4.74 Å². The Hall–Kier alpha value is -3.32. The molecule has 156 valence electrons. The molecular formula is C23H25N3O4. The van der Waals surface area contributed by atoms with Crippen molar-refractivity contribution in [1.29, 1.82) is 0 Å². The Labute approximate surface area is 174 Å². The van der Waals surface area contributed by atoms with E-state index >= 15 is 0 Å². The molecule has 2 aromatic carbocycles. The summed E-state index contributed by atoms with van der Waals surface area (Å²) in [6.07, 6.45) is 0. The Balaban J connectivity index is 1.88. The number of ether oxygens (including phenoxy) is 1. The number of hydrogen-bond donors (Lipinski definition) is 3. The number of carbonyl (C=O) groups is 1. The molecule has 0 radical (unpaired) electrons. The molecule has 7 nitrogen and oxygen atoms in total. The first-order chi connectivity index (χ1) is 14.5. The predicted octanol–water partition coefficient (Wildman–Crippen LogP) is 3.34. The van der Waals surface area contributed by atoms with Gasteiger partial charge in [-0.15, -0.1) is 0 Å². The molecule has 3 aromatic rings. The highest BCUT2D eigenvalue weighted by Gasteiger charge is 2.42. The van der Waals surface area contributed by atoms with Gasteiger partial charge in [0.15, 0.2) is 0 Å². The van der Waals surface area contributed by atoms with E-state index < -0.39 is 6.04 Å². The number of amides is 1. The summed E-state index contributed by atoms with van der Waals surface area (Å²) in [5, 5.41) is 27.5. The summed E-state index contributed by atoms with van der Waals surface area (Å²) in [5.41, 5.74) is 4.95. The van der Waals surface area contributed by atoms with Crippen LogP contribution in [0.2, 0.25) is 0 Å². The fraction of sp³-hybridized carbons (Fsp3) is 0.304. The zero-order valence-electron chi connectivity index (χ0n) is 17.3. The molecular weight excluding hydrogens is 382 g/mol. The largest absolute Gasteiger partial charge is 0.507 e. The smallest absolute Gasteiger partial charge is 0.273 e. The number of benzene rings is 2. The maximum absolute atomic E-state index is 13.1. The summed E-state index contributed by atoms with van der Waals surface area (Å²) in [7, 11) is 0. The number of β-amino-alcohol motifs (C(OH)–C–C–N with tert-alkyl or cyclic N) is 1. The third-order valence-corrected chi connectivity index (χ3v) is 5.41. The number of aliphatic hydroxyl groups is 1. The molecule has 1 aliphatic rings. The zero-order chi connectivity index (χ0) is 21.4. The van der Waals surface area contributed by atoms with Crippen molar-refractivity contribution in [1.82, 2.24) is 15.1 Å². The number of aromatic nitrogens is 2. The van der Waals surface area contributed by atoms with Crippen molar-refractivity contribution in [2.75, 3.05) is 19.8 Å². The van der Waals surface area contributed by atoms with Gasteiger partial charge in [0.2, 0.25) is 0 Å². The van der Waals surface area contributed by atoms with Gasteiger partial charge in [0.1, 0.15) is 22.9 Å². The van der Waals surface area contributed by atoms with Crippen LogP contribution in [0.25, 0.3) is 11.3 Å². The van der Waals surface area contributed by atoms with Crippen molar-refractivity contribution >= 4 is 5.91 Å². The minimum absolute atomic E-state index is 0.125. The van der Waals surface area contributed by atoms with Crippen LogP contribution in [0.4, 0.5) is 0 Å². The Morgan fingerprint density at radius 1 is 1.20 bits per heavy atom. The molecule has 30 heavy (non-hydrogen) atoms. The first-order valence-corrected chi connectivity index (χ1v) is 9.99. The topological polar surface area (TPSA) is 98.7 Å². The lowest BCUT2D eigenvalue weighted by atomic mass is 9.93. The number of nitrogens with zero attached hydrogens (tertiary/aromatic N) is 2. The number of aliphatic hydroxyl groups excluding tert-OH is 1. The molecule has 3 N–H and O–H groups in total. The quantitative estimate of drug-likeness (QED) is 0.582. The van der Waals surface area contributed by atoms with Crippen molar-refractivity contribution < 1.29 is 19.7 Å². The van der Waals surface area contributed by atoms with Crippen molar-refractivity contribution in [2.45, 2.75) is 26.8 Å². The normalized spacial score (nSPS) is 15.5. The van der Waals surface area contributed by atoms with E-state index in [1.807, 2.05) is 51.1 Å². The lowest BCUT2D eigenvalue weighted by Gasteiger charge is -2.26. The first-order valence-electron chi connectivity index (χ1n) is 9.99. The minimum Gasteiger partial charge on any atom is -0.507 e. The molecule has 0 unspecified atom stereocenters. The maximum Gasteiger partial charge on any atom is 0.273 e. The Morgan fingerprint density at radius 3 is 2.57 bits per heavy atom. The standard InChI is InChI=1S/C23H25N3O4/c1-4-30-16-7-5-15(6-8-16)22-19-20(18-14(3)11-13(2)12-17(18)28)24-25-21(19)23(29)26(22)9-10-27/h5-8,11-12,22,27-28H,4,9-10H2,1-3H3,(H,24,25)/t22-/m1/s1. The second-order valence-corrected chi connectivity index (χ2v) is 7.46. The minimum atomic E-state index is -0.427. The molecule has 7 heteroatoms. The van der Waals surface area contributed by atoms with Gasteiger partial charge >= 0.3 is 0 Å². The number of nitrogens with one attached hydrogen (secondary N) is 1. The van der Waals surface area contributed by atoms with Crippen LogP contribution in [-0.2, 0) is 0 Å². The van der Waals surface area contributed by atoms with E-state index in [0.717, 1.165) is 22.4 Å². The molecule has 1 amide bonds. The molecule has 4 rings (SSSR count). The van der Waals surface area contributed by atoms with Gasteiger partial charge in [-0.1, -0.05) is 18.2 Å². The van der Waals surface area contributed by atoms with Crippen molar-refractivity contribution in [3.63, 3.8) is 0 Å². The fourth-order valence-corrected chi connectivity index (χ4v) is 4.24. The molecule has 0 fully saturated rings. The second-order valence-electron chi connectivity index (χ2n) is 7.46. The van der Waals surface area contributed by atoms with E-state index in [9.17, 15) is 15.0 Å². The third kappa shape index (κ3) is 3.21. The summed E-state index contributed by atoms with van der Waals surface area (Å²) in [4.78, 5) is 14.7. The van der Waals surface area contributed by atoms with Gasteiger partial charge in [0, 0.05) is 17.7 Å². The van der Waals surface area contributed by atoms with Crippen LogP contribution in [0.5, 0.6) is 11.5 Å². The summed E-state index contributed by atoms with van der Waals surface area (Å²) in [5.74, 6) is 0.653. The monoisotopic (exact) mass is 407 g/mol. The van der Waals surface area contributed by atoms with E-state index in [1.165, 1.54) is 0 Å². The number of aryl methyl sites for hydroxylation is 2. The number of rotatable bonds is 6. The van der Waals surface area contributed by atoms with Crippen LogP contribution in [-0.4, -0.2) is 51.0 Å². The zero-order valence-corrected chi connectivity index (χ0v) is 17.3. The van der Waals surface area contributed by atoms with Gasteiger partial charge in [-0.3, -0.25) is 9.89 Å². The number of carbonyl (C=O) groups excluding carboxylic acids is 1. The molecule has 0 bridgehead atoms. The highest BCUT2D eigenvalue weighted by atomic mass is 16.5. The van der Waals surface area contributed by atoms with E-state index in [2.05, 4.69) is 10.2 Å². The Bertz CT molecular complexity index is 1070. The maximum atomic E-state index is 13.1. The lowest BCUT2D eigenvalue weighted by Crippen LogP contribution is -2.32. The summed E-state index contributed by atoms with van der Waals surface area (Å²) < 4.78 is 5.54. The van der Waals surface area contributed by atoms with Gasteiger partial charge in [-0.2, -0.15) is 5.10 Å². The summed E-state index contributed by atoms with van der Waals surface area (Å²) in [6.45, 7) is 6.36. The second kappa shape index (κ2) is 7.84. The number of phenolic OH excluding ortho intramolecular Hbond substituents is 1. The van der Waals surface area contributed by atoms with Crippen molar-refractivity contribution in [3.05, 3.63) is 64.3 Å². The number of hydrogen-bond acceptors (Lipinski definition) is 5. The van der Waals surface area contributed by atoms with Gasteiger partial charge in [0.05, 0.1) is 19.3 Å². The van der Waals surface area contributed by atoms with Crippen molar-refractivity contribution in [3.8, 4) is 22.8 Å². The van der Waals surface area contributed by atoms with Crippen LogP contribution in [0, 0.1) is 13.8 Å². The molecule has 0 saturated heterocycles. The highest BCUT2D eigenvalue weighted by Crippen LogP contribution is 2.45. The van der Waals surface area contributed by atoms with E-state index in [-0.39, 0.29) is 24.8 Å². The van der Waals surface area contributed by atoms with Crippen molar-refractivity contribution in [2.24, 2.45) is 0 Å². The summed E-state index contributed by atoms with van der Waals surface area (Å²) in [6, 6.07) is 10.8. The van der Waals surface area contributed by atoms with Crippen LogP contribution in [0.3, 0.4) is 0 Å². The first kappa shape index (κ1) is 20.0. The van der Waals surface area contributed by atoms with Gasteiger partial charge in [0.25, 0.3) is 5.91 Å². The van der Waals surface area contributed by atoms with Gasteiger partial charge in [-0.25, -0.2) is 0 Å². The predicted molar refractivity (Wildman–Crippen MR) is 113 cm³/mol. The molecule has 0 spiro atoms. The molecule has 1 aliphatic heterocycles. The molecule has 2 heterocycles. The third-order valence-electron chi connectivity index (χ3n) is 5.41. The molecule has 1 atom stereocenters. The number of aromatic amines is 1. The molecule has 0 saturated carbocycles. The Morgan fingerprint density at radius 2 is 1.93 bits per heavy atom. The van der Waals surface area contributed by atoms with E-state index in [0.29, 0.717) is 29.1 Å². The molecule has 0 aliphatic carbocycles. The average Bonchev–Trinajstić information content (AvgIpc) is 3.23. The van der Waals surface area contributed by atoms with Crippen LogP contribution in [0.15, 0.2) is 36.4 Å². The fourth-order valence-electron chi connectivity index (χ4n) is 4.24. The molecule has 1 aromatic heterocycles. The van der Waals surface area contributed by atoms with Crippen LogP contribution >= 0.6 is 0 Å². The summed E-state index contributed by atoms with van der Waals surface area (Å²) >= 11 is 0. The van der Waals surface area contributed by atoms with Gasteiger partial charge < -0.3 is 19.8 Å². The van der Waals surface area contributed by atoms with Gasteiger partial charge in [-0.05, 0) is 55.7 Å². The lowest BCUT2D eigenvalue weighted by molar-refractivity contribution is 0.0706. The number of fused-ring (bicyclic) bond motifs is 1.